The van der Waals surface area contributed by atoms with Gasteiger partial charge in [-0.25, -0.2) is 4.99 Å². The van der Waals surface area contributed by atoms with Gasteiger partial charge in [0.1, 0.15) is 0 Å². The van der Waals surface area contributed by atoms with Gasteiger partial charge in [-0.15, -0.1) is 0 Å². The highest BCUT2D eigenvalue weighted by atomic mass is 14.8. The van der Waals surface area contributed by atoms with E-state index in [2.05, 4.69) is 37.7 Å². The van der Waals surface area contributed by atoms with Gasteiger partial charge in [0.2, 0.25) is 0 Å². The van der Waals surface area contributed by atoms with Crippen LogP contribution in [-0.4, -0.2) is 11.4 Å². The van der Waals surface area contributed by atoms with E-state index in [1.807, 2.05) is 19.1 Å². The average molecular weight is 151 g/mol. The first-order valence-corrected chi connectivity index (χ1v) is 3.96. The van der Waals surface area contributed by atoms with Crippen molar-refractivity contribution in [3.05, 3.63) is 18.2 Å². The smallest absolute Gasteiger partial charge is 0.0617 e. The van der Waals surface area contributed by atoms with E-state index in [9.17, 15) is 0 Å². The van der Waals surface area contributed by atoms with E-state index in [4.69, 9.17) is 0 Å². The second kappa shape index (κ2) is 4.92. The SMILES string of the molecule is CC=CCC=C=NC(C)(C)C. The lowest BCUT2D eigenvalue weighted by molar-refractivity contribution is 0.587. The molecule has 0 unspecified atom stereocenters. The Morgan fingerprint density at radius 2 is 2.00 bits per heavy atom. The Bertz CT molecular complexity index is 176. The summed E-state index contributed by atoms with van der Waals surface area (Å²) in [6.07, 6.45) is 6.96. The van der Waals surface area contributed by atoms with Crippen LogP contribution in [0.4, 0.5) is 0 Å². The number of rotatable bonds is 2. The molecule has 0 radical (unpaired) electrons. The molecule has 62 valence electrons. The topological polar surface area (TPSA) is 12.4 Å². The summed E-state index contributed by atoms with van der Waals surface area (Å²) in [7, 11) is 0. The molecule has 0 fully saturated rings. The number of allylic oxidation sites excluding steroid dienone is 3. The second-order valence-corrected chi connectivity index (χ2v) is 3.42. The van der Waals surface area contributed by atoms with E-state index >= 15 is 0 Å². The fourth-order valence-corrected chi connectivity index (χ4v) is 0.496. The molecule has 0 saturated carbocycles. The molecular formula is C10H17N. The van der Waals surface area contributed by atoms with Gasteiger partial charge in [0.15, 0.2) is 0 Å². The van der Waals surface area contributed by atoms with Gasteiger partial charge >= 0.3 is 0 Å². The van der Waals surface area contributed by atoms with E-state index in [0.717, 1.165) is 6.42 Å². The number of hydrogen-bond donors (Lipinski definition) is 0. The van der Waals surface area contributed by atoms with E-state index in [1.165, 1.54) is 0 Å². The van der Waals surface area contributed by atoms with Crippen molar-refractivity contribution in [1.29, 1.82) is 0 Å². The van der Waals surface area contributed by atoms with Gasteiger partial charge in [0, 0.05) is 0 Å². The third kappa shape index (κ3) is 9.19. The lowest BCUT2D eigenvalue weighted by Crippen LogP contribution is -2.07. The van der Waals surface area contributed by atoms with Crippen molar-refractivity contribution in [3.63, 3.8) is 0 Å². The van der Waals surface area contributed by atoms with Crippen molar-refractivity contribution in [2.75, 3.05) is 0 Å². The molecular weight excluding hydrogens is 134 g/mol. The number of nitrogens with zero attached hydrogens (tertiary/aromatic N) is 1. The van der Waals surface area contributed by atoms with Crippen LogP contribution in [0.2, 0.25) is 0 Å². The Morgan fingerprint density at radius 3 is 2.45 bits per heavy atom. The Hall–Kier alpha value is -0.810. The fraction of sp³-hybridized carbons (Fsp3) is 0.600. The monoisotopic (exact) mass is 151 g/mol. The molecule has 0 aromatic carbocycles. The van der Waals surface area contributed by atoms with Crippen molar-refractivity contribution in [2.24, 2.45) is 4.99 Å². The zero-order valence-electron chi connectivity index (χ0n) is 7.89. The zero-order chi connectivity index (χ0) is 8.74. The molecule has 0 spiro atoms. The Kier molecular flexibility index (Phi) is 4.56. The van der Waals surface area contributed by atoms with Crippen molar-refractivity contribution < 1.29 is 0 Å². The van der Waals surface area contributed by atoms with Crippen LogP contribution in [0.1, 0.15) is 34.1 Å². The van der Waals surface area contributed by atoms with Crippen molar-refractivity contribution >= 4 is 5.87 Å². The summed E-state index contributed by atoms with van der Waals surface area (Å²) in [5.74, 6) is 2.91. The summed E-state index contributed by atoms with van der Waals surface area (Å²) in [6, 6.07) is 0. The van der Waals surface area contributed by atoms with Gasteiger partial charge < -0.3 is 0 Å². The molecule has 0 aromatic rings. The third-order valence-electron chi connectivity index (χ3n) is 0.981. The Labute approximate surface area is 69.5 Å². The second-order valence-electron chi connectivity index (χ2n) is 3.42. The van der Waals surface area contributed by atoms with Crippen LogP contribution in [0.3, 0.4) is 0 Å². The molecule has 1 nitrogen and oxygen atoms in total. The largest absolute Gasteiger partial charge is 0.238 e. The van der Waals surface area contributed by atoms with Crippen molar-refractivity contribution in [3.8, 4) is 0 Å². The summed E-state index contributed by atoms with van der Waals surface area (Å²) in [5.41, 5.74) is 0.00638. The summed E-state index contributed by atoms with van der Waals surface area (Å²) in [6.45, 7) is 8.19. The highest BCUT2D eigenvalue weighted by Gasteiger charge is 2.03. The molecule has 0 N–H and O–H groups in total. The number of hydrogen-bond acceptors (Lipinski definition) is 1. The molecule has 0 heterocycles. The van der Waals surface area contributed by atoms with E-state index < -0.39 is 0 Å². The first-order chi connectivity index (χ1) is 5.06. The standard InChI is InChI=1S/C10H17N/c1-5-6-7-8-9-11-10(2,3)4/h5-6,8H,7H2,1-4H3. The van der Waals surface area contributed by atoms with Crippen molar-refractivity contribution in [2.45, 2.75) is 39.7 Å². The molecule has 0 aromatic heterocycles. The molecule has 0 bridgehead atoms. The predicted molar refractivity (Wildman–Crippen MR) is 51.2 cm³/mol. The zero-order valence-corrected chi connectivity index (χ0v) is 7.89. The first-order valence-electron chi connectivity index (χ1n) is 3.96. The maximum Gasteiger partial charge on any atom is 0.0617 e. The minimum atomic E-state index is 0.00638. The van der Waals surface area contributed by atoms with Crippen LogP contribution in [0.15, 0.2) is 23.2 Å². The fourth-order valence-electron chi connectivity index (χ4n) is 0.496. The number of aliphatic imine (C=N–C) groups is 1. The maximum atomic E-state index is 4.19. The van der Waals surface area contributed by atoms with E-state index in [-0.39, 0.29) is 5.54 Å². The third-order valence-corrected chi connectivity index (χ3v) is 0.981. The molecule has 0 atom stereocenters. The molecule has 0 aliphatic rings. The molecule has 11 heavy (non-hydrogen) atoms. The normalized spacial score (nSPS) is 11.3. The van der Waals surface area contributed by atoms with Gasteiger partial charge in [-0.05, 0) is 46.1 Å². The van der Waals surface area contributed by atoms with Gasteiger partial charge in [-0.3, -0.25) is 0 Å². The molecule has 0 aliphatic carbocycles. The first kappa shape index (κ1) is 10.2. The van der Waals surface area contributed by atoms with Crippen LogP contribution < -0.4 is 0 Å². The van der Waals surface area contributed by atoms with Crippen LogP contribution in [-0.2, 0) is 0 Å². The Balaban J connectivity index is 3.82. The van der Waals surface area contributed by atoms with Crippen LogP contribution in [0.5, 0.6) is 0 Å². The summed E-state index contributed by atoms with van der Waals surface area (Å²) in [4.78, 5) is 4.19. The average Bonchev–Trinajstić information content (AvgIpc) is 1.85. The van der Waals surface area contributed by atoms with Crippen LogP contribution in [0, 0.1) is 0 Å². The van der Waals surface area contributed by atoms with Gasteiger partial charge in [-0.1, -0.05) is 12.2 Å². The lowest BCUT2D eigenvalue weighted by Gasteiger charge is -2.07. The minimum absolute atomic E-state index is 0.00638. The maximum absolute atomic E-state index is 4.19. The van der Waals surface area contributed by atoms with Crippen LogP contribution >= 0.6 is 0 Å². The summed E-state index contributed by atoms with van der Waals surface area (Å²) >= 11 is 0. The minimum Gasteiger partial charge on any atom is -0.238 e. The molecule has 1 heteroatoms. The van der Waals surface area contributed by atoms with Crippen molar-refractivity contribution in [1.82, 2.24) is 0 Å². The molecule has 0 rings (SSSR count). The van der Waals surface area contributed by atoms with E-state index in [0.29, 0.717) is 0 Å². The Morgan fingerprint density at radius 1 is 1.36 bits per heavy atom. The van der Waals surface area contributed by atoms with E-state index in [1.54, 1.807) is 0 Å². The highest BCUT2D eigenvalue weighted by molar-refractivity contribution is 5.52. The predicted octanol–water partition coefficient (Wildman–Crippen LogP) is 2.98. The summed E-state index contributed by atoms with van der Waals surface area (Å²) in [5, 5.41) is 0. The van der Waals surface area contributed by atoms with Gasteiger partial charge in [-0.2, -0.15) is 0 Å². The van der Waals surface area contributed by atoms with Gasteiger partial charge in [0.25, 0.3) is 0 Å². The van der Waals surface area contributed by atoms with Gasteiger partial charge in [0.05, 0.1) is 5.54 Å². The highest BCUT2D eigenvalue weighted by Crippen LogP contribution is 2.03. The quantitative estimate of drug-likeness (QED) is 0.425. The molecule has 0 saturated heterocycles. The molecule has 0 amide bonds. The lowest BCUT2D eigenvalue weighted by atomic mass is 10.1. The van der Waals surface area contributed by atoms with Crippen LogP contribution in [0.25, 0.3) is 0 Å². The molecule has 0 aliphatic heterocycles. The summed E-state index contributed by atoms with van der Waals surface area (Å²) < 4.78 is 0.